The van der Waals surface area contributed by atoms with E-state index < -0.39 is 18.5 Å². The fourth-order valence-electron chi connectivity index (χ4n) is 1.76. The number of hydrogen-bond donors (Lipinski definition) is 1. The van der Waals surface area contributed by atoms with Gasteiger partial charge in [-0.1, -0.05) is 35.3 Å². The average Bonchev–Trinajstić information content (AvgIpc) is 2.57. The quantitative estimate of drug-likeness (QED) is 0.650. The van der Waals surface area contributed by atoms with E-state index >= 15 is 0 Å². The van der Waals surface area contributed by atoms with Crippen LogP contribution in [0.4, 0.5) is 5.69 Å². The van der Waals surface area contributed by atoms with Gasteiger partial charge in [0.25, 0.3) is 5.91 Å². The number of nitrogens with zero attached hydrogens (tertiary/aromatic N) is 2. The van der Waals surface area contributed by atoms with Gasteiger partial charge in [0.05, 0.1) is 17.5 Å². The second-order valence-electron chi connectivity index (χ2n) is 4.62. The van der Waals surface area contributed by atoms with Gasteiger partial charge in [-0.05, 0) is 29.8 Å². The molecule has 1 amide bonds. The second-order valence-corrected chi connectivity index (χ2v) is 5.41. The summed E-state index contributed by atoms with van der Waals surface area (Å²) in [7, 11) is 0. The molecule has 1 heterocycles. The van der Waals surface area contributed by atoms with Crippen molar-refractivity contribution in [1.29, 1.82) is 5.26 Å². The van der Waals surface area contributed by atoms with Crippen molar-refractivity contribution in [3.05, 3.63) is 57.8 Å². The summed E-state index contributed by atoms with van der Waals surface area (Å²) in [5, 5.41) is 11.3. The zero-order chi connectivity index (χ0) is 17.5. The lowest BCUT2D eigenvalue weighted by Crippen LogP contribution is -2.21. The van der Waals surface area contributed by atoms with Crippen LogP contribution in [0.5, 0.6) is 0 Å². The summed E-state index contributed by atoms with van der Waals surface area (Å²) in [4.78, 5) is 27.4. The van der Waals surface area contributed by atoms with Gasteiger partial charge in [0, 0.05) is 5.69 Å². The topological polar surface area (TPSA) is 92.1 Å². The third-order valence-electron chi connectivity index (χ3n) is 2.86. The largest absolute Gasteiger partial charge is 0.451 e. The number of ether oxygens (including phenoxy) is 1. The van der Waals surface area contributed by atoms with Crippen LogP contribution in [0.1, 0.15) is 16.1 Å². The molecule has 24 heavy (non-hydrogen) atoms. The summed E-state index contributed by atoms with van der Waals surface area (Å²) >= 11 is 11.5. The van der Waals surface area contributed by atoms with Crippen molar-refractivity contribution >= 4 is 40.8 Å². The number of halogens is 2. The first-order valence-electron chi connectivity index (χ1n) is 6.74. The van der Waals surface area contributed by atoms with Crippen molar-refractivity contribution in [3.8, 4) is 6.07 Å². The Morgan fingerprint density at radius 3 is 2.54 bits per heavy atom. The molecule has 0 aliphatic heterocycles. The molecular weight excluding hydrogens is 353 g/mol. The van der Waals surface area contributed by atoms with E-state index in [1.807, 2.05) is 6.07 Å². The van der Waals surface area contributed by atoms with E-state index in [9.17, 15) is 9.59 Å². The molecule has 0 fully saturated rings. The van der Waals surface area contributed by atoms with E-state index in [0.29, 0.717) is 12.1 Å². The number of nitrogens with one attached hydrogen (secondary N) is 1. The fourth-order valence-corrected chi connectivity index (χ4v) is 2.09. The highest BCUT2D eigenvalue weighted by molar-refractivity contribution is 6.34. The number of pyridine rings is 1. The van der Waals surface area contributed by atoms with Gasteiger partial charge in [-0.2, -0.15) is 5.26 Å². The standard InChI is InChI=1S/C16H11Cl2N3O3/c17-12-5-6-13(18)21-15(12)16(23)24-9-14(22)20-11-3-1-10(2-4-11)7-8-19/h1-6H,7,9H2,(H,20,22). The van der Waals surface area contributed by atoms with Crippen LogP contribution in [0.25, 0.3) is 0 Å². The van der Waals surface area contributed by atoms with Gasteiger partial charge in [-0.3, -0.25) is 4.79 Å². The maximum absolute atomic E-state index is 11.9. The Morgan fingerprint density at radius 1 is 1.17 bits per heavy atom. The molecular formula is C16H11Cl2N3O3. The van der Waals surface area contributed by atoms with Crippen LogP contribution in [0.3, 0.4) is 0 Å². The molecule has 0 atom stereocenters. The van der Waals surface area contributed by atoms with E-state index in [2.05, 4.69) is 10.3 Å². The molecule has 0 aliphatic rings. The summed E-state index contributed by atoms with van der Waals surface area (Å²) in [6.07, 6.45) is 0.291. The summed E-state index contributed by atoms with van der Waals surface area (Å²) in [6.45, 7) is -0.497. The molecule has 1 N–H and O–H groups in total. The smallest absolute Gasteiger partial charge is 0.359 e. The molecule has 0 saturated heterocycles. The lowest BCUT2D eigenvalue weighted by Gasteiger charge is -2.07. The summed E-state index contributed by atoms with van der Waals surface area (Å²) in [5.41, 5.74) is 1.21. The Kier molecular flexibility index (Phi) is 6.13. The van der Waals surface area contributed by atoms with E-state index in [1.165, 1.54) is 12.1 Å². The maximum Gasteiger partial charge on any atom is 0.359 e. The maximum atomic E-state index is 11.9. The Morgan fingerprint density at radius 2 is 1.88 bits per heavy atom. The Bertz CT molecular complexity index is 801. The number of amides is 1. The molecule has 0 unspecified atom stereocenters. The predicted molar refractivity (Wildman–Crippen MR) is 88.9 cm³/mol. The van der Waals surface area contributed by atoms with E-state index in [0.717, 1.165) is 5.56 Å². The zero-order valence-corrected chi connectivity index (χ0v) is 13.8. The first-order chi connectivity index (χ1) is 11.5. The van der Waals surface area contributed by atoms with Gasteiger partial charge in [0.15, 0.2) is 12.3 Å². The Balaban J connectivity index is 1.89. The SMILES string of the molecule is N#CCc1ccc(NC(=O)COC(=O)c2nc(Cl)ccc2Cl)cc1. The minimum Gasteiger partial charge on any atom is -0.451 e. The third-order valence-corrected chi connectivity index (χ3v) is 3.38. The monoisotopic (exact) mass is 363 g/mol. The van der Waals surface area contributed by atoms with E-state index in [4.69, 9.17) is 33.2 Å². The minimum absolute atomic E-state index is 0.0814. The van der Waals surface area contributed by atoms with Crippen LogP contribution in [-0.2, 0) is 16.0 Å². The van der Waals surface area contributed by atoms with Crippen LogP contribution in [-0.4, -0.2) is 23.5 Å². The van der Waals surface area contributed by atoms with Crippen molar-refractivity contribution < 1.29 is 14.3 Å². The van der Waals surface area contributed by atoms with Gasteiger partial charge in [-0.25, -0.2) is 9.78 Å². The molecule has 1 aromatic carbocycles. The highest BCUT2D eigenvalue weighted by Crippen LogP contribution is 2.17. The first kappa shape index (κ1) is 17.7. The number of hydrogen-bond acceptors (Lipinski definition) is 5. The van der Waals surface area contributed by atoms with Crippen molar-refractivity contribution in [1.82, 2.24) is 4.98 Å². The molecule has 0 bridgehead atoms. The van der Waals surface area contributed by atoms with Gasteiger partial charge < -0.3 is 10.1 Å². The van der Waals surface area contributed by atoms with Gasteiger partial charge in [-0.15, -0.1) is 0 Å². The second kappa shape index (κ2) is 8.29. The van der Waals surface area contributed by atoms with Crippen LogP contribution in [0, 0.1) is 11.3 Å². The predicted octanol–water partition coefficient (Wildman–Crippen LogP) is 3.25. The number of anilines is 1. The zero-order valence-electron chi connectivity index (χ0n) is 12.3. The molecule has 8 heteroatoms. The van der Waals surface area contributed by atoms with Crippen molar-refractivity contribution in [3.63, 3.8) is 0 Å². The normalized spacial score (nSPS) is 9.88. The fraction of sp³-hybridized carbons (Fsp3) is 0.125. The van der Waals surface area contributed by atoms with Crippen LogP contribution in [0.15, 0.2) is 36.4 Å². The van der Waals surface area contributed by atoms with Crippen LogP contribution < -0.4 is 5.32 Å². The van der Waals surface area contributed by atoms with Crippen LogP contribution in [0.2, 0.25) is 10.2 Å². The summed E-state index contributed by atoms with van der Waals surface area (Å²) in [5.74, 6) is -1.36. The average molecular weight is 364 g/mol. The number of carbonyl (C=O) groups excluding carboxylic acids is 2. The molecule has 122 valence electrons. The number of rotatable bonds is 5. The summed E-state index contributed by atoms with van der Waals surface area (Å²) in [6, 6.07) is 11.6. The van der Waals surface area contributed by atoms with Crippen molar-refractivity contribution in [2.75, 3.05) is 11.9 Å². The lowest BCUT2D eigenvalue weighted by atomic mass is 10.1. The highest BCUT2D eigenvalue weighted by Gasteiger charge is 2.16. The number of aromatic nitrogens is 1. The number of nitriles is 1. The molecule has 2 rings (SSSR count). The van der Waals surface area contributed by atoms with Gasteiger partial charge in [0.2, 0.25) is 0 Å². The van der Waals surface area contributed by atoms with E-state index in [1.54, 1.807) is 24.3 Å². The molecule has 2 aromatic rings. The first-order valence-corrected chi connectivity index (χ1v) is 7.50. The highest BCUT2D eigenvalue weighted by atomic mass is 35.5. The number of benzene rings is 1. The van der Waals surface area contributed by atoms with E-state index in [-0.39, 0.29) is 15.9 Å². The molecule has 0 aliphatic carbocycles. The Labute approximate surface area is 148 Å². The van der Waals surface area contributed by atoms with Crippen molar-refractivity contribution in [2.45, 2.75) is 6.42 Å². The minimum atomic E-state index is -0.845. The lowest BCUT2D eigenvalue weighted by molar-refractivity contribution is -0.119. The third kappa shape index (κ3) is 4.95. The Hall–Kier alpha value is -2.62. The number of esters is 1. The summed E-state index contributed by atoms with van der Waals surface area (Å²) < 4.78 is 4.86. The molecule has 1 aromatic heterocycles. The van der Waals surface area contributed by atoms with Crippen molar-refractivity contribution in [2.24, 2.45) is 0 Å². The van der Waals surface area contributed by atoms with Gasteiger partial charge >= 0.3 is 5.97 Å². The molecule has 0 saturated carbocycles. The van der Waals surface area contributed by atoms with Crippen LogP contribution >= 0.6 is 23.2 Å². The number of carbonyl (C=O) groups is 2. The molecule has 0 radical (unpaired) electrons. The molecule has 0 spiro atoms. The van der Waals surface area contributed by atoms with Gasteiger partial charge in [0.1, 0.15) is 5.15 Å². The molecule has 6 nitrogen and oxygen atoms in total.